The van der Waals surface area contributed by atoms with Gasteiger partial charge in [0.1, 0.15) is 0 Å². The molecule has 0 aliphatic carbocycles. The predicted molar refractivity (Wildman–Crippen MR) is 72.4 cm³/mol. The summed E-state index contributed by atoms with van der Waals surface area (Å²) in [5.41, 5.74) is 0.480. The number of hydrogen-bond donors (Lipinski definition) is 1. The zero-order valence-corrected chi connectivity index (χ0v) is 11.7. The van der Waals surface area contributed by atoms with Gasteiger partial charge < -0.3 is 5.32 Å². The molecule has 1 N–H and O–H groups in total. The molecule has 0 aliphatic heterocycles. The van der Waals surface area contributed by atoms with E-state index in [-0.39, 0.29) is 24.8 Å². The van der Waals surface area contributed by atoms with E-state index in [4.69, 9.17) is 23.2 Å². The molecule has 0 fully saturated rings. The predicted octanol–water partition coefficient (Wildman–Crippen LogP) is 1.85. The summed E-state index contributed by atoms with van der Waals surface area (Å²) in [5, 5.41) is 3.25. The largest absolute Gasteiger partial charge is 0.358 e. The van der Waals surface area contributed by atoms with Crippen LogP contribution in [0.3, 0.4) is 0 Å². The number of ketones is 1. The lowest BCUT2D eigenvalue weighted by atomic mass is 10.1. The molecular weight excluding hydrogens is 275 g/mol. The molecule has 4 nitrogen and oxygen atoms in total. The number of amides is 1. The molecule has 6 heteroatoms. The maximum absolute atomic E-state index is 11.9. The first-order chi connectivity index (χ1) is 8.43. The van der Waals surface area contributed by atoms with Crippen LogP contribution in [0.1, 0.15) is 10.4 Å². The van der Waals surface area contributed by atoms with Crippen molar-refractivity contribution in [1.29, 1.82) is 0 Å². The minimum atomic E-state index is -0.139. The molecule has 0 aliphatic rings. The summed E-state index contributed by atoms with van der Waals surface area (Å²) < 4.78 is 0. The molecule has 1 rings (SSSR count). The Labute approximate surface area is 116 Å². The van der Waals surface area contributed by atoms with Crippen molar-refractivity contribution >= 4 is 34.9 Å². The Balaban J connectivity index is 2.64. The normalized spacial score (nSPS) is 10.5. The minimum absolute atomic E-state index is 0.111. The Morgan fingerprint density at radius 1 is 1.22 bits per heavy atom. The van der Waals surface area contributed by atoms with Gasteiger partial charge in [-0.15, -0.1) is 0 Å². The first kappa shape index (κ1) is 15.0. The third-order valence-corrected chi connectivity index (χ3v) is 3.09. The van der Waals surface area contributed by atoms with Gasteiger partial charge in [0.05, 0.1) is 23.1 Å². The molecule has 0 aromatic heterocycles. The molecule has 18 heavy (non-hydrogen) atoms. The lowest BCUT2D eigenvalue weighted by Gasteiger charge is -2.14. The van der Waals surface area contributed by atoms with Crippen molar-refractivity contribution in [3.05, 3.63) is 33.8 Å². The van der Waals surface area contributed by atoms with Crippen molar-refractivity contribution in [2.75, 3.05) is 27.2 Å². The van der Waals surface area contributed by atoms with E-state index in [1.54, 1.807) is 31.1 Å². The minimum Gasteiger partial charge on any atom is -0.358 e. The van der Waals surface area contributed by atoms with Gasteiger partial charge in [-0.2, -0.15) is 0 Å². The molecule has 1 amide bonds. The third kappa shape index (κ3) is 4.29. The maximum atomic E-state index is 11.9. The molecule has 1 aromatic rings. The smallest absolute Gasteiger partial charge is 0.233 e. The van der Waals surface area contributed by atoms with Gasteiger partial charge in [0.25, 0.3) is 0 Å². The fraction of sp³-hybridized carbons (Fsp3) is 0.333. The number of benzene rings is 1. The highest BCUT2D eigenvalue weighted by Crippen LogP contribution is 2.22. The molecule has 0 atom stereocenters. The Bertz CT molecular complexity index is 463. The number of nitrogens with one attached hydrogen (secondary N) is 1. The average molecular weight is 289 g/mol. The van der Waals surface area contributed by atoms with Gasteiger partial charge in [0.2, 0.25) is 5.91 Å². The van der Waals surface area contributed by atoms with E-state index in [1.807, 2.05) is 0 Å². The second-order valence-electron chi connectivity index (χ2n) is 3.90. The Hall–Kier alpha value is -1.10. The summed E-state index contributed by atoms with van der Waals surface area (Å²) in [7, 11) is 3.25. The van der Waals surface area contributed by atoms with E-state index < -0.39 is 0 Å². The number of Topliss-reactive ketones (excluding diaryl/α,β-unsaturated/α-hetero) is 1. The zero-order chi connectivity index (χ0) is 13.7. The molecule has 0 saturated carbocycles. The molecule has 0 bridgehead atoms. The number of nitrogens with zero attached hydrogens (tertiary/aromatic N) is 1. The maximum Gasteiger partial charge on any atom is 0.233 e. The lowest BCUT2D eigenvalue weighted by molar-refractivity contribution is -0.121. The fourth-order valence-corrected chi connectivity index (χ4v) is 1.68. The summed E-state index contributed by atoms with van der Waals surface area (Å²) in [4.78, 5) is 24.7. The van der Waals surface area contributed by atoms with Crippen LogP contribution in [0, 0.1) is 0 Å². The van der Waals surface area contributed by atoms with E-state index in [0.29, 0.717) is 15.6 Å². The van der Waals surface area contributed by atoms with E-state index >= 15 is 0 Å². The van der Waals surface area contributed by atoms with Crippen molar-refractivity contribution in [2.24, 2.45) is 0 Å². The third-order valence-electron chi connectivity index (χ3n) is 2.35. The van der Waals surface area contributed by atoms with Crippen LogP contribution in [0.25, 0.3) is 0 Å². The van der Waals surface area contributed by atoms with Gasteiger partial charge in [-0.3, -0.25) is 14.5 Å². The monoisotopic (exact) mass is 288 g/mol. The summed E-state index contributed by atoms with van der Waals surface area (Å²) in [6.45, 7) is 0.314. The lowest BCUT2D eigenvalue weighted by Crippen LogP contribution is -2.36. The number of rotatable bonds is 5. The molecular formula is C12H14Cl2N2O2. The van der Waals surface area contributed by atoms with Crippen molar-refractivity contribution < 1.29 is 9.59 Å². The number of halogens is 2. The quantitative estimate of drug-likeness (QED) is 0.842. The van der Waals surface area contributed by atoms with Crippen molar-refractivity contribution in [2.45, 2.75) is 0 Å². The van der Waals surface area contributed by atoms with Gasteiger partial charge in [0.15, 0.2) is 5.78 Å². The second kappa shape index (κ2) is 6.73. The van der Waals surface area contributed by atoms with Crippen LogP contribution in [-0.2, 0) is 4.79 Å². The number of hydrogen-bond acceptors (Lipinski definition) is 3. The van der Waals surface area contributed by atoms with Gasteiger partial charge in [-0.25, -0.2) is 0 Å². The van der Waals surface area contributed by atoms with E-state index in [1.165, 1.54) is 6.07 Å². The van der Waals surface area contributed by atoms with Crippen LogP contribution in [0.5, 0.6) is 0 Å². The van der Waals surface area contributed by atoms with Gasteiger partial charge >= 0.3 is 0 Å². The first-order valence-corrected chi connectivity index (χ1v) is 6.07. The molecule has 1 aromatic carbocycles. The van der Waals surface area contributed by atoms with Gasteiger partial charge in [-0.1, -0.05) is 23.2 Å². The number of carbonyl (C=O) groups excluding carboxylic acids is 2. The highest BCUT2D eigenvalue weighted by molar-refractivity contribution is 6.42. The SMILES string of the molecule is CNC(=O)CN(C)CC(=O)c1ccc(Cl)c(Cl)c1. The van der Waals surface area contributed by atoms with Crippen molar-refractivity contribution in [3.8, 4) is 0 Å². The molecule has 0 spiro atoms. The average Bonchev–Trinajstić information content (AvgIpc) is 2.32. The fourth-order valence-electron chi connectivity index (χ4n) is 1.39. The van der Waals surface area contributed by atoms with Crippen LogP contribution in [0.2, 0.25) is 10.0 Å². The Morgan fingerprint density at radius 2 is 1.89 bits per heavy atom. The van der Waals surface area contributed by atoms with Crippen LogP contribution in [0.4, 0.5) is 0 Å². The zero-order valence-electron chi connectivity index (χ0n) is 10.2. The molecule has 98 valence electrons. The van der Waals surface area contributed by atoms with Crippen molar-refractivity contribution in [1.82, 2.24) is 10.2 Å². The molecule has 0 saturated heterocycles. The summed E-state index contributed by atoms with van der Waals surface area (Å²) in [6, 6.07) is 4.72. The molecule has 0 heterocycles. The topological polar surface area (TPSA) is 49.4 Å². The van der Waals surface area contributed by atoms with Gasteiger partial charge in [-0.05, 0) is 25.2 Å². The van der Waals surface area contributed by atoms with E-state index in [2.05, 4.69) is 5.32 Å². The number of likely N-dealkylation sites (N-methyl/N-ethyl adjacent to an activating group) is 2. The van der Waals surface area contributed by atoms with E-state index in [9.17, 15) is 9.59 Å². The van der Waals surface area contributed by atoms with Crippen LogP contribution >= 0.6 is 23.2 Å². The van der Waals surface area contributed by atoms with E-state index in [0.717, 1.165) is 0 Å². The highest BCUT2D eigenvalue weighted by Gasteiger charge is 2.12. The van der Waals surface area contributed by atoms with Crippen LogP contribution < -0.4 is 5.32 Å². The second-order valence-corrected chi connectivity index (χ2v) is 4.71. The highest BCUT2D eigenvalue weighted by atomic mass is 35.5. The standard InChI is InChI=1S/C12H14Cl2N2O2/c1-15-12(18)7-16(2)6-11(17)8-3-4-9(13)10(14)5-8/h3-5H,6-7H2,1-2H3,(H,15,18). The molecule has 0 unspecified atom stereocenters. The van der Waals surface area contributed by atoms with Crippen LogP contribution in [0.15, 0.2) is 18.2 Å². The number of carbonyl (C=O) groups is 2. The summed E-state index contributed by atoms with van der Waals surface area (Å²) in [6.07, 6.45) is 0. The first-order valence-electron chi connectivity index (χ1n) is 5.31. The van der Waals surface area contributed by atoms with Gasteiger partial charge in [0, 0.05) is 12.6 Å². The summed E-state index contributed by atoms with van der Waals surface area (Å²) in [5.74, 6) is -0.251. The Morgan fingerprint density at radius 3 is 2.44 bits per heavy atom. The van der Waals surface area contributed by atoms with Crippen LogP contribution in [-0.4, -0.2) is 43.8 Å². The molecule has 0 radical (unpaired) electrons. The van der Waals surface area contributed by atoms with Crippen molar-refractivity contribution in [3.63, 3.8) is 0 Å². The summed E-state index contributed by atoms with van der Waals surface area (Å²) >= 11 is 11.6. The Kier molecular flexibility index (Phi) is 5.59.